The SMILES string of the molecule is CC(=O)Nc1cc(CCl)nc(NC(C)=O)c1. The molecule has 5 nitrogen and oxygen atoms in total. The van der Waals surface area contributed by atoms with Gasteiger partial charge in [0.15, 0.2) is 0 Å². The van der Waals surface area contributed by atoms with Crippen molar-refractivity contribution in [3.8, 4) is 0 Å². The molecular formula is C10H12ClN3O2. The van der Waals surface area contributed by atoms with Gasteiger partial charge in [-0.15, -0.1) is 11.6 Å². The van der Waals surface area contributed by atoms with E-state index in [0.717, 1.165) is 0 Å². The summed E-state index contributed by atoms with van der Waals surface area (Å²) in [6.45, 7) is 2.78. The molecule has 1 aromatic rings. The first-order valence-corrected chi connectivity index (χ1v) is 5.17. The molecule has 1 rings (SSSR count). The predicted molar refractivity (Wildman–Crippen MR) is 62.4 cm³/mol. The number of carbonyl (C=O) groups is 2. The number of hydrogen-bond acceptors (Lipinski definition) is 3. The molecule has 0 saturated carbocycles. The van der Waals surface area contributed by atoms with Crippen molar-refractivity contribution in [2.24, 2.45) is 0 Å². The highest BCUT2D eigenvalue weighted by Gasteiger charge is 2.04. The number of amides is 2. The molecule has 0 fully saturated rings. The van der Waals surface area contributed by atoms with Gasteiger partial charge in [0, 0.05) is 25.6 Å². The van der Waals surface area contributed by atoms with Crippen molar-refractivity contribution < 1.29 is 9.59 Å². The van der Waals surface area contributed by atoms with Gasteiger partial charge in [0.05, 0.1) is 11.6 Å². The van der Waals surface area contributed by atoms with Crippen molar-refractivity contribution in [1.82, 2.24) is 4.98 Å². The lowest BCUT2D eigenvalue weighted by Gasteiger charge is -2.07. The number of halogens is 1. The molecule has 2 amide bonds. The van der Waals surface area contributed by atoms with Crippen LogP contribution >= 0.6 is 11.6 Å². The summed E-state index contributed by atoms with van der Waals surface area (Å²) in [4.78, 5) is 25.9. The summed E-state index contributed by atoms with van der Waals surface area (Å²) in [5.74, 6) is 0.155. The molecule has 6 heteroatoms. The Morgan fingerprint density at radius 3 is 2.38 bits per heavy atom. The molecule has 1 aromatic heterocycles. The molecular weight excluding hydrogens is 230 g/mol. The average Bonchev–Trinajstić information content (AvgIpc) is 2.14. The Morgan fingerprint density at radius 1 is 1.25 bits per heavy atom. The topological polar surface area (TPSA) is 71.1 Å². The number of alkyl halides is 1. The van der Waals surface area contributed by atoms with Gasteiger partial charge >= 0.3 is 0 Å². The minimum Gasteiger partial charge on any atom is -0.326 e. The largest absolute Gasteiger partial charge is 0.326 e. The van der Waals surface area contributed by atoms with E-state index in [1.165, 1.54) is 13.8 Å². The lowest BCUT2D eigenvalue weighted by atomic mass is 10.3. The predicted octanol–water partition coefficient (Wildman–Crippen LogP) is 1.74. The zero-order chi connectivity index (χ0) is 12.1. The smallest absolute Gasteiger partial charge is 0.222 e. The second-order valence-electron chi connectivity index (χ2n) is 3.23. The Hall–Kier alpha value is -1.62. The summed E-state index contributed by atoms with van der Waals surface area (Å²) in [6, 6.07) is 3.22. The van der Waals surface area contributed by atoms with E-state index in [1.54, 1.807) is 12.1 Å². The second kappa shape index (κ2) is 5.46. The third-order valence-corrected chi connectivity index (χ3v) is 1.91. The Bertz CT molecular complexity index is 386. The first-order valence-electron chi connectivity index (χ1n) is 4.63. The van der Waals surface area contributed by atoms with Crippen LogP contribution in [0, 0.1) is 0 Å². The van der Waals surface area contributed by atoms with Gasteiger partial charge in [-0.05, 0) is 6.07 Å². The molecule has 2 N–H and O–H groups in total. The molecule has 0 aromatic carbocycles. The van der Waals surface area contributed by atoms with Crippen LogP contribution in [0.5, 0.6) is 0 Å². The van der Waals surface area contributed by atoms with Crippen molar-refractivity contribution in [2.45, 2.75) is 19.7 Å². The summed E-state index contributed by atoms with van der Waals surface area (Å²) in [5, 5.41) is 5.14. The standard InChI is InChI=1S/C10H12ClN3O2/c1-6(15)12-8-3-9(5-11)14-10(4-8)13-7(2)16/h3-4H,5H2,1-2H3,(H2,12,13,14,15,16). The van der Waals surface area contributed by atoms with E-state index in [9.17, 15) is 9.59 Å². The first-order chi connectivity index (χ1) is 7.51. The van der Waals surface area contributed by atoms with Crippen LogP contribution in [0.25, 0.3) is 0 Å². The van der Waals surface area contributed by atoms with Crippen LogP contribution < -0.4 is 10.6 Å². The Kier molecular flexibility index (Phi) is 4.25. The first kappa shape index (κ1) is 12.4. The minimum absolute atomic E-state index is 0.194. The van der Waals surface area contributed by atoms with E-state index in [-0.39, 0.29) is 17.7 Å². The van der Waals surface area contributed by atoms with Gasteiger partial charge < -0.3 is 10.6 Å². The van der Waals surface area contributed by atoms with Crippen molar-refractivity contribution in [2.75, 3.05) is 10.6 Å². The molecule has 16 heavy (non-hydrogen) atoms. The fourth-order valence-electron chi connectivity index (χ4n) is 1.18. The molecule has 0 bridgehead atoms. The maximum atomic E-state index is 10.9. The fraction of sp³-hybridized carbons (Fsp3) is 0.300. The molecule has 86 valence electrons. The van der Waals surface area contributed by atoms with Crippen molar-refractivity contribution in [1.29, 1.82) is 0 Å². The highest BCUT2D eigenvalue weighted by atomic mass is 35.5. The summed E-state index contributed by atoms with van der Waals surface area (Å²) < 4.78 is 0. The molecule has 0 atom stereocenters. The highest BCUT2D eigenvalue weighted by Crippen LogP contribution is 2.16. The summed E-state index contributed by atoms with van der Waals surface area (Å²) in [6.07, 6.45) is 0. The molecule has 0 aliphatic carbocycles. The van der Waals surface area contributed by atoms with Gasteiger partial charge in [-0.3, -0.25) is 9.59 Å². The van der Waals surface area contributed by atoms with E-state index < -0.39 is 0 Å². The quantitative estimate of drug-likeness (QED) is 0.792. The van der Waals surface area contributed by atoms with Gasteiger partial charge in [0.2, 0.25) is 11.8 Å². The lowest BCUT2D eigenvalue weighted by molar-refractivity contribution is -0.115. The van der Waals surface area contributed by atoms with Crippen molar-refractivity contribution in [3.63, 3.8) is 0 Å². The number of rotatable bonds is 3. The molecule has 0 radical (unpaired) electrons. The maximum Gasteiger partial charge on any atom is 0.222 e. The van der Waals surface area contributed by atoms with E-state index in [4.69, 9.17) is 11.6 Å². The van der Waals surface area contributed by atoms with Crippen LogP contribution in [0.4, 0.5) is 11.5 Å². The van der Waals surface area contributed by atoms with Crippen molar-refractivity contribution in [3.05, 3.63) is 17.8 Å². The molecule has 0 spiro atoms. The lowest BCUT2D eigenvalue weighted by Crippen LogP contribution is -2.11. The van der Waals surface area contributed by atoms with E-state index in [0.29, 0.717) is 17.2 Å². The molecule has 0 saturated heterocycles. The number of carbonyl (C=O) groups excluding carboxylic acids is 2. The van der Waals surface area contributed by atoms with Crippen LogP contribution in [-0.2, 0) is 15.5 Å². The summed E-state index contributed by atoms with van der Waals surface area (Å²) in [7, 11) is 0. The number of nitrogens with zero attached hydrogens (tertiary/aromatic N) is 1. The van der Waals surface area contributed by atoms with E-state index in [1.807, 2.05) is 0 Å². The van der Waals surface area contributed by atoms with Crippen LogP contribution in [0.1, 0.15) is 19.5 Å². The summed E-state index contributed by atoms with van der Waals surface area (Å²) >= 11 is 5.66. The fourth-order valence-corrected chi connectivity index (χ4v) is 1.31. The number of anilines is 2. The zero-order valence-corrected chi connectivity index (χ0v) is 9.76. The Morgan fingerprint density at radius 2 is 1.88 bits per heavy atom. The van der Waals surface area contributed by atoms with Crippen LogP contribution in [0.15, 0.2) is 12.1 Å². The minimum atomic E-state index is -0.229. The Labute approximate surface area is 98.2 Å². The maximum absolute atomic E-state index is 10.9. The number of nitrogens with one attached hydrogen (secondary N) is 2. The van der Waals surface area contributed by atoms with Crippen molar-refractivity contribution >= 4 is 34.9 Å². The van der Waals surface area contributed by atoms with Gasteiger partial charge in [-0.25, -0.2) is 4.98 Å². The number of hydrogen-bond donors (Lipinski definition) is 2. The van der Waals surface area contributed by atoms with E-state index >= 15 is 0 Å². The van der Waals surface area contributed by atoms with Gasteiger partial charge in [-0.2, -0.15) is 0 Å². The number of pyridine rings is 1. The molecule has 0 aliphatic rings. The second-order valence-corrected chi connectivity index (χ2v) is 3.50. The molecule has 1 heterocycles. The van der Waals surface area contributed by atoms with Gasteiger partial charge in [0.1, 0.15) is 5.82 Å². The normalized spacial score (nSPS) is 9.69. The average molecular weight is 242 g/mol. The van der Waals surface area contributed by atoms with E-state index in [2.05, 4.69) is 15.6 Å². The van der Waals surface area contributed by atoms with Crippen LogP contribution in [0.3, 0.4) is 0 Å². The third-order valence-electron chi connectivity index (χ3n) is 1.64. The van der Waals surface area contributed by atoms with Gasteiger partial charge in [-0.1, -0.05) is 0 Å². The highest BCUT2D eigenvalue weighted by molar-refractivity contribution is 6.17. The molecule has 0 unspecified atom stereocenters. The van der Waals surface area contributed by atoms with Crippen LogP contribution in [-0.4, -0.2) is 16.8 Å². The number of aromatic nitrogens is 1. The zero-order valence-electron chi connectivity index (χ0n) is 9.00. The van der Waals surface area contributed by atoms with Crippen LogP contribution in [0.2, 0.25) is 0 Å². The monoisotopic (exact) mass is 241 g/mol. The Balaban J connectivity index is 3.00. The van der Waals surface area contributed by atoms with Gasteiger partial charge in [0.25, 0.3) is 0 Å². The third kappa shape index (κ3) is 3.86. The summed E-state index contributed by atoms with van der Waals surface area (Å²) in [5.41, 5.74) is 1.14. The molecule has 0 aliphatic heterocycles.